The van der Waals surface area contributed by atoms with Crippen LogP contribution in [0.5, 0.6) is 0 Å². The van der Waals surface area contributed by atoms with Crippen molar-refractivity contribution in [2.75, 3.05) is 23.7 Å². The molecule has 1 aliphatic heterocycles. The fraction of sp³-hybridized carbons (Fsp3) is 0.733. The van der Waals surface area contributed by atoms with Gasteiger partial charge in [0.1, 0.15) is 17.5 Å². The minimum Gasteiger partial charge on any atom is -0.391 e. The van der Waals surface area contributed by atoms with Crippen LogP contribution in [0.1, 0.15) is 50.6 Å². The Bertz CT molecular complexity index is 553. The van der Waals surface area contributed by atoms with E-state index in [1.807, 2.05) is 0 Å². The second kappa shape index (κ2) is 5.57. The van der Waals surface area contributed by atoms with Crippen LogP contribution >= 0.6 is 0 Å². The highest BCUT2D eigenvalue weighted by atomic mass is 16.3. The number of aromatic nitrogens is 2. The molecule has 0 radical (unpaired) electrons. The van der Waals surface area contributed by atoms with Crippen LogP contribution in [0.15, 0.2) is 0 Å². The van der Waals surface area contributed by atoms with Crippen LogP contribution in [-0.4, -0.2) is 34.1 Å². The predicted molar refractivity (Wildman–Crippen MR) is 80.9 cm³/mol. The van der Waals surface area contributed by atoms with Crippen LogP contribution in [0.4, 0.5) is 11.6 Å². The van der Waals surface area contributed by atoms with Crippen molar-refractivity contribution in [3.05, 3.63) is 5.56 Å². The van der Waals surface area contributed by atoms with Gasteiger partial charge in [-0.05, 0) is 38.0 Å². The third kappa shape index (κ3) is 2.46. The van der Waals surface area contributed by atoms with E-state index in [0.29, 0.717) is 17.2 Å². The zero-order valence-electron chi connectivity index (χ0n) is 12.5. The van der Waals surface area contributed by atoms with Gasteiger partial charge >= 0.3 is 0 Å². The molecule has 1 aliphatic carbocycles. The lowest BCUT2D eigenvalue weighted by Crippen LogP contribution is -2.33. The van der Waals surface area contributed by atoms with Crippen LogP contribution in [-0.2, 0) is 0 Å². The molecule has 1 saturated heterocycles. The molecule has 0 amide bonds. The van der Waals surface area contributed by atoms with Gasteiger partial charge in [-0.15, -0.1) is 0 Å². The first-order chi connectivity index (χ1) is 10.1. The lowest BCUT2D eigenvalue weighted by atomic mass is 9.99. The molecule has 2 unspecified atom stereocenters. The summed E-state index contributed by atoms with van der Waals surface area (Å²) in [6.07, 6.45) is 4.45. The highest BCUT2D eigenvalue weighted by molar-refractivity contribution is 5.65. The Balaban J connectivity index is 1.92. The van der Waals surface area contributed by atoms with E-state index in [1.165, 1.54) is 0 Å². The zero-order valence-corrected chi connectivity index (χ0v) is 12.5. The second-order valence-electron chi connectivity index (χ2n) is 6.38. The molecule has 1 aromatic rings. The Morgan fingerprint density at radius 2 is 2.00 bits per heavy atom. The molecule has 2 fully saturated rings. The van der Waals surface area contributed by atoms with Crippen molar-refractivity contribution >= 4 is 11.6 Å². The third-order valence-electron chi connectivity index (χ3n) is 4.88. The van der Waals surface area contributed by atoms with Crippen molar-refractivity contribution < 1.29 is 5.11 Å². The lowest BCUT2D eigenvalue weighted by molar-refractivity contribution is 0.131. The van der Waals surface area contributed by atoms with Crippen molar-refractivity contribution in [2.45, 2.75) is 51.2 Å². The largest absolute Gasteiger partial charge is 0.391 e. The van der Waals surface area contributed by atoms with Crippen molar-refractivity contribution in [1.29, 1.82) is 5.26 Å². The van der Waals surface area contributed by atoms with E-state index in [9.17, 15) is 10.4 Å². The monoisotopic (exact) mass is 289 g/mol. The average molecular weight is 289 g/mol. The van der Waals surface area contributed by atoms with E-state index >= 15 is 0 Å². The SMILES string of the molecule is CC1CCN(c2nn(C3CCCC3O)c(N)c2C#N)CC1. The summed E-state index contributed by atoms with van der Waals surface area (Å²) in [6.45, 7) is 4.09. The van der Waals surface area contributed by atoms with Gasteiger partial charge in [0.15, 0.2) is 5.82 Å². The molecule has 0 aromatic carbocycles. The maximum atomic E-state index is 10.1. The maximum absolute atomic E-state index is 10.1. The summed E-state index contributed by atoms with van der Waals surface area (Å²) in [4.78, 5) is 2.16. The summed E-state index contributed by atoms with van der Waals surface area (Å²) >= 11 is 0. The van der Waals surface area contributed by atoms with Crippen LogP contribution in [0.2, 0.25) is 0 Å². The Kier molecular flexibility index (Phi) is 3.77. The summed E-state index contributed by atoms with van der Waals surface area (Å²) in [5.74, 6) is 1.82. The maximum Gasteiger partial charge on any atom is 0.170 e. The number of piperidine rings is 1. The summed E-state index contributed by atoms with van der Waals surface area (Å²) in [7, 11) is 0. The number of nitrogens with zero attached hydrogens (tertiary/aromatic N) is 4. The fourth-order valence-corrected chi connectivity index (χ4v) is 3.44. The number of aliphatic hydroxyl groups excluding tert-OH is 1. The Hall–Kier alpha value is -1.74. The third-order valence-corrected chi connectivity index (χ3v) is 4.88. The molecular formula is C15H23N5O. The molecule has 1 saturated carbocycles. The molecule has 114 valence electrons. The molecule has 2 atom stereocenters. The molecule has 2 heterocycles. The molecule has 0 spiro atoms. The lowest BCUT2D eigenvalue weighted by Gasteiger charge is -2.30. The molecular weight excluding hydrogens is 266 g/mol. The second-order valence-corrected chi connectivity index (χ2v) is 6.38. The quantitative estimate of drug-likeness (QED) is 0.864. The normalized spacial score (nSPS) is 27.0. The minimum atomic E-state index is -0.409. The van der Waals surface area contributed by atoms with Gasteiger partial charge in [-0.25, -0.2) is 4.68 Å². The molecule has 0 bridgehead atoms. The highest BCUT2D eigenvalue weighted by Crippen LogP contribution is 2.36. The molecule has 3 rings (SSSR count). The summed E-state index contributed by atoms with van der Waals surface area (Å²) in [5, 5.41) is 24.1. The standard InChI is InChI=1S/C15H23N5O/c1-10-5-7-19(8-6-10)15-11(9-16)14(17)20(18-15)12-3-2-4-13(12)21/h10,12-13,21H,2-8,17H2,1H3. The van der Waals surface area contributed by atoms with Gasteiger partial charge in [0.2, 0.25) is 0 Å². The van der Waals surface area contributed by atoms with Crippen LogP contribution in [0.25, 0.3) is 0 Å². The first-order valence-electron chi connectivity index (χ1n) is 7.83. The predicted octanol–water partition coefficient (Wildman–Crippen LogP) is 1.66. The number of nitriles is 1. The summed E-state index contributed by atoms with van der Waals surface area (Å²) in [6, 6.07) is 2.11. The smallest absolute Gasteiger partial charge is 0.170 e. The average Bonchev–Trinajstić information content (AvgIpc) is 3.03. The zero-order chi connectivity index (χ0) is 15.0. The molecule has 1 aromatic heterocycles. The van der Waals surface area contributed by atoms with E-state index in [-0.39, 0.29) is 6.04 Å². The van der Waals surface area contributed by atoms with Gasteiger partial charge in [0.25, 0.3) is 0 Å². The number of aliphatic hydroxyl groups is 1. The molecule has 6 heteroatoms. The molecule has 6 nitrogen and oxygen atoms in total. The summed E-state index contributed by atoms with van der Waals surface area (Å²) < 4.78 is 1.68. The van der Waals surface area contributed by atoms with Crippen molar-refractivity contribution in [1.82, 2.24) is 9.78 Å². The summed E-state index contributed by atoms with van der Waals surface area (Å²) in [5.41, 5.74) is 6.59. The van der Waals surface area contributed by atoms with Gasteiger partial charge in [0.05, 0.1) is 12.1 Å². The Morgan fingerprint density at radius 1 is 1.29 bits per heavy atom. The Labute approximate surface area is 125 Å². The van der Waals surface area contributed by atoms with Crippen molar-refractivity contribution in [3.63, 3.8) is 0 Å². The van der Waals surface area contributed by atoms with Crippen LogP contribution in [0.3, 0.4) is 0 Å². The number of nitrogens with two attached hydrogens (primary N) is 1. The van der Waals surface area contributed by atoms with Crippen molar-refractivity contribution in [2.24, 2.45) is 5.92 Å². The first kappa shape index (κ1) is 14.2. The molecule has 21 heavy (non-hydrogen) atoms. The van der Waals surface area contributed by atoms with Crippen molar-refractivity contribution in [3.8, 4) is 6.07 Å². The number of hydrogen-bond acceptors (Lipinski definition) is 5. The fourth-order valence-electron chi connectivity index (χ4n) is 3.44. The van der Waals surface area contributed by atoms with Gasteiger partial charge in [-0.2, -0.15) is 10.4 Å². The number of hydrogen-bond donors (Lipinski definition) is 2. The van der Waals surface area contributed by atoms with E-state index < -0.39 is 6.10 Å². The molecule has 3 N–H and O–H groups in total. The Morgan fingerprint density at radius 3 is 2.57 bits per heavy atom. The van der Waals surface area contributed by atoms with Gasteiger partial charge in [0, 0.05) is 13.1 Å². The number of nitrogen functional groups attached to an aromatic ring is 1. The van der Waals surface area contributed by atoms with Gasteiger partial charge in [-0.1, -0.05) is 6.92 Å². The van der Waals surface area contributed by atoms with E-state index in [2.05, 4.69) is 23.0 Å². The number of rotatable bonds is 2. The van der Waals surface area contributed by atoms with Crippen LogP contribution < -0.4 is 10.6 Å². The van der Waals surface area contributed by atoms with Gasteiger partial charge < -0.3 is 15.7 Å². The van der Waals surface area contributed by atoms with E-state index in [0.717, 1.165) is 51.1 Å². The van der Waals surface area contributed by atoms with Crippen LogP contribution in [0, 0.1) is 17.2 Å². The van der Waals surface area contributed by atoms with Gasteiger partial charge in [-0.3, -0.25) is 0 Å². The first-order valence-corrected chi connectivity index (χ1v) is 7.83. The van der Waals surface area contributed by atoms with E-state index in [4.69, 9.17) is 5.73 Å². The number of anilines is 2. The molecule has 2 aliphatic rings. The highest BCUT2D eigenvalue weighted by Gasteiger charge is 2.32. The minimum absolute atomic E-state index is 0.0884. The topological polar surface area (TPSA) is 91.1 Å². The van der Waals surface area contributed by atoms with E-state index in [1.54, 1.807) is 4.68 Å².